The van der Waals surface area contributed by atoms with E-state index in [1.807, 2.05) is 7.05 Å². The summed E-state index contributed by atoms with van der Waals surface area (Å²) >= 11 is 0. The van der Waals surface area contributed by atoms with E-state index in [2.05, 4.69) is 41.5 Å². The minimum Gasteiger partial charge on any atom is -0.320 e. The molecule has 0 spiro atoms. The second-order valence-corrected chi connectivity index (χ2v) is 4.34. The zero-order chi connectivity index (χ0) is 10.7. The molecule has 1 aromatic rings. The van der Waals surface area contributed by atoms with Gasteiger partial charge >= 0.3 is 0 Å². The molecule has 1 N–H and O–H groups in total. The van der Waals surface area contributed by atoms with Crippen molar-refractivity contribution in [1.29, 1.82) is 0 Å². The molecule has 1 atom stereocenters. The molecule has 0 fully saturated rings. The zero-order valence-corrected chi connectivity index (χ0v) is 9.66. The fourth-order valence-electron chi connectivity index (χ4n) is 2.43. The molecule has 82 valence electrons. The molecule has 1 unspecified atom stereocenters. The summed E-state index contributed by atoms with van der Waals surface area (Å²) < 4.78 is 0. The van der Waals surface area contributed by atoms with Crippen LogP contribution in [0.2, 0.25) is 0 Å². The number of nitrogens with zero attached hydrogens (tertiary/aromatic N) is 1. The second kappa shape index (κ2) is 4.77. The third-order valence-corrected chi connectivity index (χ3v) is 3.35. The first kappa shape index (κ1) is 10.7. The number of benzene rings is 1. The predicted molar refractivity (Wildman–Crippen MR) is 64.1 cm³/mol. The molecule has 2 heteroatoms. The summed E-state index contributed by atoms with van der Waals surface area (Å²) in [5.74, 6) is 0. The lowest BCUT2D eigenvalue weighted by Crippen LogP contribution is -2.33. The molecular formula is C13H20N2. The van der Waals surface area contributed by atoms with Gasteiger partial charge in [-0.3, -0.25) is 4.90 Å². The van der Waals surface area contributed by atoms with Crippen molar-refractivity contribution < 1.29 is 0 Å². The first-order valence-electron chi connectivity index (χ1n) is 5.75. The molecule has 2 rings (SSSR count). The van der Waals surface area contributed by atoms with Crippen LogP contribution in [-0.4, -0.2) is 32.1 Å². The van der Waals surface area contributed by atoms with Gasteiger partial charge in [-0.15, -0.1) is 0 Å². The van der Waals surface area contributed by atoms with Gasteiger partial charge in [0.05, 0.1) is 0 Å². The molecule has 1 aliphatic heterocycles. The summed E-state index contributed by atoms with van der Waals surface area (Å²) in [6.45, 7) is 2.27. The van der Waals surface area contributed by atoms with Gasteiger partial charge in [0.15, 0.2) is 0 Å². The number of hydrogen-bond acceptors (Lipinski definition) is 2. The molecule has 0 bridgehead atoms. The van der Waals surface area contributed by atoms with Crippen molar-refractivity contribution in [2.24, 2.45) is 0 Å². The number of nitrogens with one attached hydrogen (secondary N) is 1. The summed E-state index contributed by atoms with van der Waals surface area (Å²) in [6.07, 6.45) is 2.40. The highest BCUT2D eigenvalue weighted by Gasteiger charge is 2.23. The van der Waals surface area contributed by atoms with E-state index in [0.717, 1.165) is 6.54 Å². The van der Waals surface area contributed by atoms with Gasteiger partial charge in [0.1, 0.15) is 0 Å². The van der Waals surface area contributed by atoms with E-state index in [-0.39, 0.29) is 0 Å². The highest BCUT2D eigenvalue weighted by atomic mass is 15.1. The molecule has 1 aliphatic rings. The summed E-state index contributed by atoms with van der Waals surface area (Å²) in [5, 5.41) is 3.24. The van der Waals surface area contributed by atoms with E-state index >= 15 is 0 Å². The van der Waals surface area contributed by atoms with Gasteiger partial charge in [-0.1, -0.05) is 24.3 Å². The van der Waals surface area contributed by atoms with Crippen molar-refractivity contribution in [2.45, 2.75) is 18.9 Å². The normalized spacial score (nSPS) is 21.3. The van der Waals surface area contributed by atoms with Crippen molar-refractivity contribution in [3.8, 4) is 0 Å². The molecule has 0 radical (unpaired) electrons. The van der Waals surface area contributed by atoms with E-state index in [1.54, 1.807) is 0 Å². The molecular weight excluding hydrogens is 184 g/mol. The molecule has 0 aliphatic carbocycles. The third-order valence-electron chi connectivity index (χ3n) is 3.35. The van der Waals surface area contributed by atoms with Crippen LogP contribution >= 0.6 is 0 Å². The minimum absolute atomic E-state index is 0.599. The standard InChI is InChI=1S/C13H20N2/c1-14-9-7-13-12-6-4-3-5-11(12)8-10-15(13)2/h3-6,13-14H,7-10H2,1-2H3. The Bertz CT molecular complexity index is 322. The third kappa shape index (κ3) is 2.21. The maximum atomic E-state index is 3.24. The number of fused-ring (bicyclic) bond motifs is 1. The van der Waals surface area contributed by atoms with E-state index in [9.17, 15) is 0 Å². The topological polar surface area (TPSA) is 15.3 Å². The van der Waals surface area contributed by atoms with Crippen LogP contribution in [0.3, 0.4) is 0 Å². The molecule has 1 aromatic carbocycles. The Morgan fingerprint density at radius 3 is 3.00 bits per heavy atom. The Morgan fingerprint density at radius 1 is 1.40 bits per heavy atom. The van der Waals surface area contributed by atoms with Crippen molar-refractivity contribution in [1.82, 2.24) is 10.2 Å². The van der Waals surface area contributed by atoms with Gasteiger partial charge in [0.2, 0.25) is 0 Å². The Labute approximate surface area is 92.3 Å². The summed E-state index contributed by atoms with van der Waals surface area (Å²) in [4.78, 5) is 2.47. The van der Waals surface area contributed by atoms with Gasteiger partial charge < -0.3 is 5.32 Å². The summed E-state index contributed by atoms with van der Waals surface area (Å²) in [6, 6.07) is 9.46. The van der Waals surface area contributed by atoms with Crippen LogP contribution < -0.4 is 5.32 Å². The Kier molecular flexibility index (Phi) is 3.39. The maximum absolute atomic E-state index is 3.24. The van der Waals surface area contributed by atoms with Crippen molar-refractivity contribution in [2.75, 3.05) is 27.2 Å². The van der Waals surface area contributed by atoms with Crippen LogP contribution in [-0.2, 0) is 6.42 Å². The molecule has 0 amide bonds. The fourth-order valence-corrected chi connectivity index (χ4v) is 2.43. The van der Waals surface area contributed by atoms with Gasteiger partial charge in [0.25, 0.3) is 0 Å². The van der Waals surface area contributed by atoms with Crippen LogP contribution in [0.1, 0.15) is 23.6 Å². The molecule has 0 aromatic heterocycles. The van der Waals surface area contributed by atoms with E-state index in [1.165, 1.54) is 30.5 Å². The quantitative estimate of drug-likeness (QED) is 0.808. The lowest BCUT2D eigenvalue weighted by Gasteiger charge is -2.34. The first-order valence-corrected chi connectivity index (χ1v) is 5.75. The van der Waals surface area contributed by atoms with Crippen LogP contribution in [0, 0.1) is 0 Å². The van der Waals surface area contributed by atoms with Crippen LogP contribution in [0.25, 0.3) is 0 Å². The van der Waals surface area contributed by atoms with Gasteiger partial charge in [-0.2, -0.15) is 0 Å². The summed E-state index contributed by atoms with van der Waals surface area (Å²) in [5.41, 5.74) is 3.07. The Morgan fingerprint density at radius 2 is 2.20 bits per heavy atom. The minimum atomic E-state index is 0.599. The number of hydrogen-bond donors (Lipinski definition) is 1. The second-order valence-electron chi connectivity index (χ2n) is 4.34. The highest BCUT2D eigenvalue weighted by Crippen LogP contribution is 2.30. The molecule has 15 heavy (non-hydrogen) atoms. The molecule has 2 nitrogen and oxygen atoms in total. The van der Waals surface area contributed by atoms with Crippen molar-refractivity contribution in [3.05, 3.63) is 35.4 Å². The maximum Gasteiger partial charge on any atom is 0.0360 e. The monoisotopic (exact) mass is 204 g/mol. The van der Waals surface area contributed by atoms with Crippen molar-refractivity contribution >= 4 is 0 Å². The van der Waals surface area contributed by atoms with Gasteiger partial charge in [0, 0.05) is 12.6 Å². The van der Waals surface area contributed by atoms with Gasteiger partial charge in [-0.05, 0) is 44.6 Å². The zero-order valence-electron chi connectivity index (χ0n) is 9.66. The Balaban J connectivity index is 2.21. The average Bonchev–Trinajstić information content (AvgIpc) is 2.28. The van der Waals surface area contributed by atoms with Crippen LogP contribution in [0.15, 0.2) is 24.3 Å². The lowest BCUT2D eigenvalue weighted by molar-refractivity contribution is 0.219. The molecule has 0 saturated carbocycles. The van der Waals surface area contributed by atoms with E-state index in [4.69, 9.17) is 0 Å². The predicted octanol–water partition coefficient (Wildman–Crippen LogP) is 1.83. The van der Waals surface area contributed by atoms with E-state index in [0.29, 0.717) is 6.04 Å². The Hall–Kier alpha value is -0.860. The van der Waals surface area contributed by atoms with Crippen molar-refractivity contribution in [3.63, 3.8) is 0 Å². The van der Waals surface area contributed by atoms with Crippen LogP contribution in [0.4, 0.5) is 0 Å². The van der Waals surface area contributed by atoms with Crippen LogP contribution in [0.5, 0.6) is 0 Å². The van der Waals surface area contributed by atoms with E-state index < -0.39 is 0 Å². The number of rotatable bonds is 3. The first-order chi connectivity index (χ1) is 7.33. The highest BCUT2D eigenvalue weighted by molar-refractivity contribution is 5.32. The largest absolute Gasteiger partial charge is 0.320 e. The summed E-state index contributed by atoms with van der Waals surface area (Å²) in [7, 11) is 4.25. The molecule has 1 heterocycles. The SMILES string of the molecule is CNCCC1c2ccccc2CCN1C. The molecule has 0 saturated heterocycles. The fraction of sp³-hybridized carbons (Fsp3) is 0.538. The van der Waals surface area contributed by atoms with Gasteiger partial charge in [-0.25, -0.2) is 0 Å². The number of likely N-dealkylation sites (N-methyl/N-ethyl adjacent to an activating group) is 1. The smallest absolute Gasteiger partial charge is 0.0360 e. The lowest BCUT2D eigenvalue weighted by atomic mass is 9.91. The average molecular weight is 204 g/mol.